The van der Waals surface area contributed by atoms with Crippen LogP contribution in [-0.4, -0.2) is 13.1 Å². The average molecular weight is 397 g/mol. The van der Waals surface area contributed by atoms with E-state index in [-0.39, 0.29) is 5.97 Å². The van der Waals surface area contributed by atoms with Gasteiger partial charge >= 0.3 is 5.97 Å². The molecule has 1 aromatic heterocycles. The van der Waals surface area contributed by atoms with Gasteiger partial charge in [-0.15, -0.1) is 11.3 Å². The first kappa shape index (κ1) is 15.4. The lowest BCUT2D eigenvalue weighted by Crippen LogP contribution is -2.03. The van der Waals surface area contributed by atoms with Gasteiger partial charge in [-0.25, -0.2) is 4.79 Å². The van der Waals surface area contributed by atoms with Crippen molar-refractivity contribution in [3.8, 4) is 11.1 Å². The molecule has 0 aliphatic rings. The molecule has 0 saturated heterocycles. The zero-order valence-electron chi connectivity index (χ0n) is 12.9. The molecule has 0 saturated carbocycles. The monoisotopic (exact) mass is 396 g/mol. The molecule has 0 radical (unpaired) electrons. The number of benzene rings is 3. The smallest absolute Gasteiger partial charge is 0.338 e. The van der Waals surface area contributed by atoms with E-state index in [1.807, 2.05) is 18.2 Å². The number of ether oxygens (including phenoxy) is 1. The summed E-state index contributed by atoms with van der Waals surface area (Å²) in [5.41, 5.74) is 2.49. The van der Waals surface area contributed by atoms with Crippen LogP contribution in [0.1, 0.15) is 10.4 Å². The average Bonchev–Trinajstić information content (AvgIpc) is 2.98. The Kier molecular flexibility index (Phi) is 3.87. The second kappa shape index (κ2) is 6.04. The standard InChI is InChI=1S/C20H13BrO2S/c1-23-20(22)15-5-3-2-4-14(15)12-6-8-18-16(10-12)17-11-13(21)7-9-19(17)24-18/h2-11H,1H3. The quantitative estimate of drug-likeness (QED) is 0.373. The maximum atomic E-state index is 12.1. The van der Waals surface area contributed by atoms with Gasteiger partial charge in [0, 0.05) is 24.6 Å². The Hall–Kier alpha value is -2.17. The van der Waals surface area contributed by atoms with E-state index in [0.29, 0.717) is 5.56 Å². The molecule has 118 valence electrons. The van der Waals surface area contributed by atoms with Crippen molar-refractivity contribution in [3.63, 3.8) is 0 Å². The summed E-state index contributed by atoms with van der Waals surface area (Å²) in [5, 5.41) is 2.43. The lowest BCUT2D eigenvalue weighted by atomic mass is 9.98. The summed E-state index contributed by atoms with van der Waals surface area (Å²) in [4.78, 5) is 12.1. The first-order valence-corrected chi connectivity index (χ1v) is 9.08. The Balaban J connectivity index is 1.97. The second-order valence-electron chi connectivity index (χ2n) is 5.49. The molecule has 0 bridgehead atoms. The van der Waals surface area contributed by atoms with Crippen LogP contribution in [0.5, 0.6) is 0 Å². The van der Waals surface area contributed by atoms with E-state index in [1.54, 1.807) is 17.4 Å². The van der Waals surface area contributed by atoms with Crippen molar-refractivity contribution < 1.29 is 9.53 Å². The third kappa shape index (κ3) is 2.52. The number of hydrogen-bond acceptors (Lipinski definition) is 3. The van der Waals surface area contributed by atoms with E-state index in [1.165, 1.54) is 27.3 Å². The van der Waals surface area contributed by atoms with Crippen LogP contribution >= 0.6 is 27.3 Å². The molecule has 0 unspecified atom stereocenters. The van der Waals surface area contributed by atoms with Crippen LogP contribution in [0.15, 0.2) is 65.1 Å². The summed E-state index contributed by atoms with van der Waals surface area (Å²) in [7, 11) is 1.41. The zero-order valence-corrected chi connectivity index (χ0v) is 15.3. The lowest BCUT2D eigenvalue weighted by molar-refractivity contribution is 0.0601. The number of thiophene rings is 1. The highest BCUT2D eigenvalue weighted by atomic mass is 79.9. The van der Waals surface area contributed by atoms with Crippen molar-refractivity contribution >= 4 is 53.4 Å². The van der Waals surface area contributed by atoms with Gasteiger partial charge in [-0.05, 0) is 47.5 Å². The lowest BCUT2D eigenvalue weighted by Gasteiger charge is -2.08. The van der Waals surface area contributed by atoms with E-state index in [0.717, 1.165) is 15.6 Å². The van der Waals surface area contributed by atoms with Gasteiger partial charge in [-0.2, -0.15) is 0 Å². The van der Waals surface area contributed by atoms with Crippen LogP contribution in [0.25, 0.3) is 31.3 Å². The third-order valence-electron chi connectivity index (χ3n) is 4.07. The van der Waals surface area contributed by atoms with Gasteiger partial charge in [-0.1, -0.05) is 40.2 Å². The Morgan fingerprint density at radius 3 is 2.46 bits per heavy atom. The van der Waals surface area contributed by atoms with E-state index in [9.17, 15) is 4.79 Å². The van der Waals surface area contributed by atoms with Crippen LogP contribution < -0.4 is 0 Å². The Morgan fingerprint density at radius 1 is 0.958 bits per heavy atom. The summed E-state index contributed by atoms with van der Waals surface area (Å²) < 4.78 is 8.47. The molecule has 0 N–H and O–H groups in total. The number of rotatable bonds is 2. The van der Waals surface area contributed by atoms with E-state index in [2.05, 4.69) is 52.3 Å². The molecule has 4 aromatic rings. The molecule has 0 amide bonds. The molecule has 0 atom stereocenters. The molecule has 0 spiro atoms. The molecule has 0 aliphatic heterocycles. The predicted octanol–water partition coefficient (Wildman–Crippen LogP) is 6.27. The Bertz CT molecular complexity index is 1080. The Morgan fingerprint density at radius 2 is 1.67 bits per heavy atom. The molecule has 4 heteroatoms. The molecule has 3 aromatic carbocycles. The largest absolute Gasteiger partial charge is 0.465 e. The van der Waals surface area contributed by atoms with Gasteiger partial charge in [0.25, 0.3) is 0 Å². The maximum absolute atomic E-state index is 12.1. The van der Waals surface area contributed by atoms with Crippen LogP contribution in [0.2, 0.25) is 0 Å². The number of esters is 1. The highest BCUT2D eigenvalue weighted by molar-refractivity contribution is 9.10. The van der Waals surface area contributed by atoms with Crippen LogP contribution in [0, 0.1) is 0 Å². The van der Waals surface area contributed by atoms with Crippen molar-refractivity contribution in [2.75, 3.05) is 7.11 Å². The van der Waals surface area contributed by atoms with Crippen molar-refractivity contribution in [2.45, 2.75) is 0 Å². The second-order valence-corrected chi connectivity index (χ2v) is 7.49. The van der Waals surface area contributed by atoms with Gasteiger partial charge < -0.3 is 4.74 Å². The molecule has 0 aliphatic carbocycles. The highest BCUT2D eigenvalue weighted by Gasteiger charge is 2.14. The molecule has 24 heavy (non-hydrogen) atoms. The summed E-state index contributed by atoms with van der Waals surface area (Å²) in [6.45, 7) is 0. The van der Waals surface area contributed by atoms with E-state index >= 15 is 0 Å². The fourth-order valence-corrected chi connectivity index (χ4v) is 4.37. The van der Waals surface area contributed by atoms with Gasteiger partial charge in [0.05, 0.1) is 12.7 Å². The third-order valence-corrected chi connectivity index (χ3v) is 5.72. The first-order valence-electron chi connectivity index (χ1n) is 7.47. The summed E-state index contributed by atoms with van der Waals surface area (Å²) in [6, 6.07) is 20.2. The van der Waals surface area contributed by atoms with Gasteiger partial charge in [0.1, 0.15) is 0 Å². The summed E-state index contributed by atoms with van der Waals surface area (Å²) >= 11 is 5.33. The van der Waals surface area contributed by atoms with Gasteiger partial charge in [-0.3, -0.25) is 0 Å². The molecule has 0 fully saturated rings. The van der Waals surface area contributed by atoms with Crippen molar-refractivity contribution in [2.24, 2.45) is 0 Å². The SMILES string of the molecule is COC(=O)c1ccccc1-c1ccc2sc3ccc(Br)cc3c2c1. The normalized spacial score (nSPS) is 11.1. The number of methoxy groups -OCH3 is 1. The first-order chi connectivity index (χ1) is 11.7. The zero-order chi connectivity index (χ0) is 16.7. The number of carbonyl (C=O) groups is 1. The van der Waals surface area contributed by atoms with Crippen LogP contribution in [0.4, 0.5) is 0 Å². The van der Waals surface area contributed by atoms with E-state index in [4.69, 9.17) is 4.74 Å². The van der Waals surface area contributed by atoms with Crippen molar-refractivity contribution in [3.05, 3.63) is 70.7 Å². The van der Waals surface area contributed by atoms with Gasteiger partial charge in [0.2, 0.25) is 0 Å². The fraction of sp³-hybridized carbons (Fsp3) is 0.0500. The van der Waals surface area contributed by atoms with Crippen LogP contribution in [-0.2, 0) is 4.74 Å². The molecule has 1 heterocycles. The maximum Gasteiger partial charge on any atom is 0.338 e. The number of carbonyl (C=O) groups excluding carboxylic acids is 1. The predicted molar refractivity (Wildman–Crippen MR) is 104 cm³/mol. The minimum absolute atomic E-state index is 0.316. The molecule has 4 rings (SSSR count). The molecular weight excluding hydrogens is 384 g/mol. The summed E-state index contributed by atoms with van der Waals surface area (Å²) in [5.74, 6) is -0.316. The number of hydrogen-bond donors (Lipinski definition) is 0. The number of fused-ring (bicyclic) bond motifs is 3. The van der Waals surface area contributed by atoms with Crippen LogP contribution in [0.3, 0.4) is 0 Å². The number of halogens is 1. The fourth-order valence-electron chi connectivity index (χ4n) is 2.94. The van der Waals surface area contributed by atoms with Crippen molar-refractivity contribution in [1.82, 2.24) is 0 Å². The molecule has 2 nitrogen and oxygen atoms in total. The van der Waals surface area contributed by atoms with Crippen molar-refractivity contribution in [1.29, 1.82) is 0 Å². The highest BCUT2D eigenvalue weighted by Crippen LogP contribution is 2.38. The summed E-state index contributed by atoms with van der Waals surface area (Å²) in [6.07, 6.45) is 0. The minimum Gasteiger partial charge on any atom is -0.465 e. The topological polar surface area (TPSA) is 26.3 Å². The molecular formula is C20H13BrO2S. The minimum atomic E-state index is -0.316. The van der Waals surface area contributed by atoms with E-state index < -0.39 is 0 Å². The Labute approximate surface area is 151 Å². The van der Waals surface area contributed by atoms with Gasteiger partial charge in [0.15, 0.2) is 0 Å².